The molecule has 0 aliphatic rings. The Bertz CT molecular complexity index is 723. The fraction of sp³-hybridized carbons (Fsp3) is 0.182. The molecule has 0 N–H and O–H groups in total. The summed E-state index contributed by atoms with van der Waals surface area (Å²) in [6, 6.07) is 24.6. The van der Waals surface area contributed by atoms with E-state index in [0.29, 0.717) is 13.2 Å². The first-order chi connectivity index (χ1) is 11.7. The molecule has 3 aromatic carbocycles. The summed E-state index contributed by atoms with van der Waals surface area (Å²) >= 11 is 0. The SMILES string of the molecule is Cc1cccc(OCc2ccc(COc3cccc(C)c3)cc2)c1. The van der Waals surface area contributed by atoms with E-state index in [9.17, 15) is 0 Å². The van der Waals surface area contributed by atoms with Gasteiger partial charge in [-0.3, -0.25) is 0 Å². The number of rotatable bonds is 6. The molecule has 0 unspecified atom stereocenters. The van der Waals surface area contributed by atoms with Crippen LogP contribution >= 0.6 is 0 Å². The first-order valence-electron chi connectivity index (χ1n) is 8.16. The molecule has 0 atom stereocenters. The maximum absolute atomic E-state index is 5.82. The number of ether oxygens (including phenoxy) is 2. The molecule has 0 saturated carbocycles. The zero-order valence-electron chi connectivity index (χ0n) is 14.2. The Balaban J connectivity index is 1.53. The Kier molecular flexibility index (Phi) is 5.17. The predicted octanol–water partition coefficient (Wildman–Crippen LogP) is 5.46. The van der Waals surface area contributed by atoms with Crippen molar-refractivity contribution in [1.29, 1.82) is 0 Å². The maximum Gasteiger partial charge on any atom is 0.120 e. The molecular weight excluding hydrogens is 296 g/mol. The van der Waals surface area contributed by atoms with Gasteiger partial charge in [-0.2, -0.15) is 0 Å². The van der Waals surface area contributed by atoms with Crippen molar-refractivity contribution >= 4 is 0 Å². The lowest BCUT2D eigenvalue weighted by Crippen LogP contribution is -1.98. The van der Waals surface area contributed by atoms with E-state index in [1.54, 1.807) is 0 Å². The van der Waals surface area contributed by atoms with E-state index in [2.05, 4.69) is 50.2 Å². The number of aryl methyl sites for hydroxylation is 2. The summed E-state index contributed by atoms with van der Waals surface area (Å²) in [7, 11) is 0. The van der Waals surface area contributed by atoms with E-state index in [4.69, 9.17) is 9.47 Å². The molecule has 0 aliphatic heterocycles. The first-order valence-corrected chi connectivity index (χ1v) is 8.16. The third-order valence-corrected chi connectivity index (χ3v) is 3.81. The first kappa shape index (κ1) is 16.1. The van der Waals surface area contributed by atoms with Gasteiger partial charge in [0, 0.05) is 0 Å². The van der Waals surface area contributed by atoms with E-state index >= 15 is 0 Å². The van der Waals surface area contributed by atoms with E-state index in [-0.39, 0.29) is 0 Å². The summed E-state index contributed by atoms with van der Waals surface area (Å²) in [5, 5.41) is 0. The molecule has 3 aromatic rings. The zero-order valence-corrected chi connectivity index (χ0v) is 14.2. The molecule has 24 heavy (non-hydrogen) atoms. The molecule has 0 saturated heterocycles. The summed E-state index contributed by atoms with van der Waals surface area (Å²) in [6.07, 6.45) is 0. The normalized spacial score (nSPS) is 10.4. The van der Waals surface area contributed by atoms with Crippen LogP contribution in [-0.4, -0.2) is 0 Å². The van der Waals surface area contributed by atoms with Crippen LogP contribution < -0.4 is 9.47 Å². The monoisotopic (exact) mass is 318 g/mol. The highest BCUT2D eigenvalue weighted by Crippen LogP contribution is 2.17. The van der Waals surface area contributed by atoms with E-state index < -0.39 is 0 Å². The van der Waals surface area contributed by atoms with Crippen molar-refractivity contribution in [3.05, 3.63) is 95.1 Å². The molecule has 0 spiro atoms. The Morgan fingerprint density at radius 3 is 1.38 bits per heavy atom. The molecule has 0 aromatic heterocycles. The highest BCUT2D eigenvalue weighted by molar-refractivity contribution is 5.29. The molecule has 0 aliphatic carbocycles. The van der Waals surface area contributed by atoms with Crippen LogP contribution in [0.4, 0.5) is 0 Å². The van der Waals surface area contributed by atoms with Gasteiger partial charge in [0.2, 0.25) is 0 Å². The third kappa shape index (κ3) is 4.63. The second-order valence-corrected chi connectivity index (χ2v) is 6.03. The van der Waals surface area contributed by atoms with Gasteiger partial charge in [-0.1, -0.05) is 48.5 Å². The zero-order chi connectivity index (χ0) is 16.8. The molecule has 0 heterocycles. The smallest absolute Gasteiger partial charge is 0.120 e. The second-order valence-electron chi connectivity index (χ2n) is 6.03. The predicted molar refractivity (Wildman–Crippen MR) is 97.5 cm³/mol. The Hall–Kier alpha value is -2.74. The molecule has 2 nitrogen and oxygen atoms in total. The van der Waals surface area contributed by atoms with Crippen LogP contribution in [0, 0.1) is 13.8 Å². The van der Waals surface area contributed by atoms with Crippen molar-refractivity contribution < 1.29 is 9.47 Å². The van der Waals surface area contributed by atoms with Crippen LogP contribution in [0.2, 0.25) is 0 Å². The van der Waals surface area contributed by atoms with Crippen LogP contribution in [0.15, 0.2) is 72.8 Å². The van der Waals surface area contributed by atoms with E-state index in [0.717, 1.165) is 22.6 Å². The standard InChI is InChI=1S/C22H22O2/c1-17-5-3-7-21(13-17)23-15-19-9-11-20(12-10-19)16-24-22-8-4-6-18(2)14-22/h3-14H,15-16H2,1-2H3. The van der Waals surface area contributed by atoms with Crippen molar-refractivity contribution in [3.8, 4) is 11.5 Å². The van der Waals surface area contributed by atoms with Crippen LogP contribution in [0.25, 0.3) is 0 Å². The minimum Gasteiger partial charge on any atom is -0.489 e. The molecule has 0 radical (unpaired) electrons. The Morgan fingerprint density at radius 1 is 0.583 bits per heavy atom. The van der Waals surface area contributed by atoms with Gasteiger partial charge >= 0.3 is 0 Å². The lowest BCUT2D eigenvalue weighted by atomic mass is 10.1. The van der Waals surface area contributed by atoms with Crippen LogP contribution in [0.1, 0.15) is 22.3 Å². The molecule has 122 valence electrons. The summed E-state index contributed by atoms with van der Waals surface area (Å²) in [4.78, 5) is 0. The minimum atomic E-state index is 0.572. The van der Waals surface area contributed by atoms with Gasteiger partial charge in [-0.05, 0) is 60.4 Å². The quantitative estimate of drug-likeness (QED) is 0.600. The van der Waals surface area contributed by atoms with Gasteiger partial charge in [0.1, 0.15) is 24.7 Å². The molecule has 0 amide bonds. The summed E-state index contributed by atoms with van der Waals surface area (Å²) in [6.45, 7) is 5.27. The largest absolute Gasteiger partial charge is 0.489 e. The van der Waals surface area contributed by atoms with Crippen LogP contribution in [0.5, 0.6) is 11.5 Å². The minimum absolute atomic E-state index is 0.572. The lowest BCUT2D eigenvalue weighted by molar-refractivity contribution is 0.302. The van der Waals surface area contributed by atoms with Gasteiger partial charge < -0.3 is 9.47 Å². The number of benzene rings is 3. The van der Waals surface area contributed by atoms with Crippen molar-refractivity contribution in [3.63, 3.8) is 0 Å². The van der Waals surface area contributed by atoms with E-state index in [1.165, 1.54) is 11.1 Å². The maximum atomic E-state index is 5.82. The van der Waals surface area contributed by atoms with Gasteiger partial charge in [-0.25, -0.2) is 0 Å². The van der Waals surface area contributed by atoms with Crippen LogP contribution in [0.3, 0.4) is 0 Å². The average molecular weight is 318 g/mol. The van der Waals surface area contributed by atoms with Gasteiger partial charge in [0.25, 0.3) is 0 Å². The third-order valence-electron chi connectivity index (χ3n) is 3.81. The highest BCUT2D eigenvalue weighted by atomic mass is 16.5. The summed E-state index contributed by atoms with van der Waals surface area (Å²) < 4.78 is 11.6. The van der Waals surface area contributed by atoms with Gasteiger partial charge in [0.15, 0.2) is 0 Å². The molecule has 0 bridgehead atoms. The topological polar surface area (TPSA) is 18.5 Å². The molecule has 2 heteroatoms. The highest BCUT2D eigenvalue weighted by Gasteiger charge is 1.99. The van der Waals surface area contributed by atoms with Crippen molar-refractivity contribution in [2.24, 2.45) is 0 Å². The van der Waals surface area contributed by atoms with Crippen molar-refractivity contribution in [2.75, 3.05) is 0 Å². The van der Waals surface area contributed by atoms with Gasteiger partial charge in [0.05, 0.1) is 0 Å². The Labute approximate surface area is 143 Å². The fourth-order valence-electron chi connectivity index (χ4n) is 2.48. The second kappa shape index (κ2) is 7.69. The summed E-state index contributed by atoms with van der Waals surface area (Å²) in [5.41, 5.74) is 4.71. The van der Waals surface area contributed by atoms with Crippen molar-refractivity contribution in [2.45, 2.75) is 27.1 Å². The van der Waals surface area contributed by atoms with Crippen molar-refractivity contribution in [1.82, 2.24) is 0 Å². The lowest BCUT2D eigenvalue weighted by Gasteiger charge is -2.09. The number of hydrogen-bond donors (Lipinski definition) is 0. The molecule has 3 rings (SSSR count). The number of hydrogen-bond acceptors (Lipinski definition) is 2. The van der Waals surface area contributed by atoms with E-state index in [1.807, 2.05) is 36.4 Å². The Morgan fingerprint density at radius 2 is 1.00 bits per heavy atom. The average Bonchev–Trinajstić information content (AvgIpc) is 2.59. The fourth-order valence-corrected chi connectivity index (χ4v) is 2.48. The summed E-state index contributed by atoms with van der Waals surface area (Å²) in [5.74, 6) is 1.81. The molecular formula is C22H22O2. The van der Waals surface area contributed by atoms with Crippen LogP contribution in [-0.2, 0) is 13.2 Å². The van der Waals surface area contributed by atoms with Gasteiger partial charge in [-0.15, -0.1) is 0 Å². The molecule has 0 fully saturated rings.